The number of aromatic amines is 1. The van der Waals surface area contributed by atoms with Crippen molar-refractivity contribution in [2.45, 2.75) is 53.1 Å². The highest BCUT2D eigenvalue weighted by molar-refractivity contribution is 7.14. The molecule has 0 radical (unpaired) electrons. The molecule has 0 aliphatic heterocycles. The van der Waals surface area contributed by atoms with Crippen LogP contribution in [0.4, 0.5) is 10.1 Å². The van der Waals surface area contributed by atoms with E-state index in [0.717, 1.165) is 16.9 Å². The van der Waals surface area contributed by atoms with Crippen LogP contribution in [0.1, 0.15) is 64.5 Å². The van der Waals surface area contributed by atoms with Crippen LogP contribution in [0.3, 0.4) is 0 Å². The van der Waals surface area contributed by atoms with Crippen LogP contribution in [-0.4, -0.2) is 21.2 Å². The largest absolute Gasteiger partial charge is 0.388 e. The van der Waals surface area contributed by atoms with E-state index in [1.165, 1.54) is 17.4 Å². The Morgan fingerprint density at radius 1 is 1.38 bits per heavy atom. The Morgan fingerprint density at radius 3 is 2.81 bits per heavy atom. The molecule has 1 atom stereocenters. The lowest BCUT2D eigenvalue weighted by Gasteiger charge is -2.22. The van der Waals surface area contributed by atoms with Gasteiger partial charge >= 0.3 is 0 Å². The number of aromatic nitrogens is 2. The lowest BCUT2D eigenvalue weighted by Crippen LogP contribution is -2.18. The van der Waals surface area contributed by atoms with Crippen molar-refractivity contribution in [2.75, 3.05) is 5.32 Å². The minimum absolute atomic E-state index is 0.0759. The van der Waals surface area contributed by atoms with E-state index in [1.807, 2.05) is 20.8 Å². The van der Waals surface area contributed by atoms with Gasteiger partial charge in [-0.1, -0.05) is 27.2 Å². The smallest absolute Gasteiger partial charge is 0.267 e. The van der Waals surface area contributed by atoms with Crippen LogP contribution in [0.25, 0.3) is 11.3 Å². The number of nitrogens with one attached hydrogen (secondary N) is 2. The molecular weight excluding hydrogens is 429 g/mol. The van der Waals surface area contributed by atoms with E-state index in [1.54, 1.807) is 25.1 Å². The molecule has 2 aromatic heterocycles. The van der Waals surface area contributed by atoms with E-state index >= 15 is 0 Å². The van der Waals surface area contributed by atoms with E-state index in [9.17, 15) is 19.1 Å². The first-order chi connectivity index (χ1) is 15.1. The van der Waals surface area contributed by atoms with Crippen molar-refractivity contribution in [1.29, 1.82) is 0 Å². The van der Waals surface area contributed by atoms with Crippen molar-refractivity contribution < 1.29 is 14.3 Å². The number of H-pyrrole nitrogens is 1. The van der Waals surface area contributed by atoms with Crippen LogP contribution < -0.4 is 10.9 Å². The van der Waals surface area contributed by atoms with Crippen LogP contribution in [0.5, 0.6) is 0 Å². The summed E-state index contributed by atoms with van der Waals surface area (Å²) in [5, 5.41) is 19.8. The molecule has 3 N–H and O–H groups in total. The number of benzene rings is 1. The van der Waals surface area contributed by atoms with Gasteiger partial charge in [-0.25, -0.2) is 9.49 Å². The van der Waals surface area contributed by atoms with E-state index in [0.29, 0.717) is 40.1 Å². The third-order valence-electron chi connectivity index (χ3n) is 6.04. The summed E-state index contributed by atoms with van der Waals surface area (Å²) >= 11 is 1.33. The zero-order chi connectivity index (χ0) is 23.2. The first kappa shape index (κ1) is 22.4. The molecular formula is C24H26FN3O3S. The molecule has 6 nitrogen and oxygen atoms in total. The summed E-state index contributed by atoms with van der Waals surface area (Å²) in [7, 11) is 0. The van der Waals surface area contributed by atoms with Gasteiger partial charge in [0.2, 0.25) is 0 Å². The average Bonchev–Trinajstić information content (AvgIpc) is 3.23. The fourth-order valence-electron chi connectivity index (χ4n) is 4.18. The number of carbonyl (C=O) groups is 1. The second kappa shape index (κ2) is 8.26. The van der Waals surface area contributed by atoms with Crippen LogP contribution in [-0.2, 0) is 12.8 Å². The molecule has 1 aliphatic rings. The zero-order valence-corrected chi connectivity index (χ0v) is 19.3. The molecule has 168 valence electrons. The monoisotopic (exact) mass is 455 g/mol. The Morgan fingerprint density at radius 2 is 2.12 bits per heavy atom. The van der Waals surface area contributed by atoms with Crippen molar-refractivity contribution in [1.82, 2.24) is 10.2 Å². The van der Waals surface area contributed by atoms with Gasteiger partial charge in [-0.3, -0.25) is 9.59 Å². The van der Waals surface area contributed by atoms with Gasteiger partial charge in [-0.05, 0) is 60.6 Å². The molecule has 0 saturated carbocycles. The fraction of sp³-hybridized carbons (Fsp3) is 0.375. The first-order valence-electron chi connectivity index (χ1n) is 10.6. The molecule has 0 saturated heterocycles. The molecule has 3 aromatic rings. The van der Waals surface area contributed by atoms with Gasteiger partial charge in [0.25, 0.3) is 11.5 Å². The highest BCUT2D eigenvalue weighted by Gasteiger charge is 2.40. The summed E-state index contributed by atoms with van der Waals surface area (Å²) < 4.78 is 14.7. The van der Waals surface area contributed by atoms with Crippen LogP contribution >= 0.6 is 11.3 Å². The van der Waals surface area contributed by atoms with E-state index in [2.05, 4.69) is 15.5 Å². The lowest BCUT2D eigenvalue weighted by molar-refractivity contribution is 0.0665. The average molecular weight is 456 g/mol. The maximum atomic E-state index is 14.7. The number of hydrogen-bond acceptors (Lipinski definition) is 5. The highest BCUT2D eigenvalue weighted by Crippen LogP contribution is 2.48. The molecule has 1 aromatic carbocycles. The standard InChI is InChI=1S/C24H26FN3O3S/c1-5-6-13-9-17(27-28-22(13)30)14-7-8-16(25)20(12(14)2)26-23(31)18-10-15-19(32-18)11-24(3,4)21(15)29/h7-10,21,29H,5-6,11H2,1-4H3,(H,26,31)(H,28,30). The SMILES string of the molecule is CCCc1cc(-c2ccc(F)c(NC(=O)c3cc4c(s3)CC(C)(C)C4O)c2C)n[nH]c1=O. The molecule has 0 fully saturated rings. The minimum atomic E-state index is -0.624. The number of carbonyl (C=O) groups excluding carboxylic acids is 1. The molecule has 1 amide bonds. The van der Waals surface area contributed by atoms with E-state index < -0.39 is 17.8 Å². The number of anilines is 1. The van der Waals surface area contributed by atoms with Crippen LogP contribution in [0.2, 0.25) is 0 Å². The van der Waals surface area contributed by atoms with Crippen molar-refractivity contribution in [2.24, 2.45) is 5.41 Å². The summed E-state index contributed by atoms with van der Waals surface area (Å²) in [5.41, 5.74) is 2.63. The molecule has 0 bridgehead atoms. The molecule has 1 aliphatic carbocycles. The van der Waals surface area contributed by atoms with Gasteiger partial charge in [0.15, 0.2) is 0 Å². The quantitative estimate of drug-likeness (QED) is 0.517. The fourth-order valence-corrected chi connectivity index (χ4v) is 5.51. The summed E-state index contributed by atoms with van der Waals surface area (Å²) in [6.45, 7) is 7.67. The number of amides is 1. The number of nitrogens with zero attached hydrogens (tertiary/aromatic N) is 1. The first-order valence-corrected chi connectivity index (χ1v) is 11.4. The maximum absolute atomic E-state index is 14.7. The summed E-state index contributed by atoms with van der Waals surface area (Å²) in [6, 6.07) is 6.28. The molecule has 4 rings (SSSR count). The molecule has 32 heavy (non-hydrogen) atoms. The third kappa shape index (κ3) is 3.89. The van der Waals surface area contributed by atoms with Crippen molar-refractivity contribution >= 4 is 22.9 Å². The van der Waals surface area contributed by atoms with Gasteiger partial charge < -0.3 is 10.4 Å². The Hall–Kier alpha value is -2.84. The van der Waals surface area contributed by atoms with Crippen LogP contribution in [0, 0.1) is 18.2 Å². The number of hydrogen-bond donors (Lipinski definition) is 3. The minimum Gasteiger partial charge on any atom is -0.388 e. The van der Waals surface area contributed by atoms with Gasteiger partial charge in [0.05, 0.1) is 22.4 Å². The van der Waals surface area contributed by atoms with Crippen LogP contribution in [0.15, 0.2) is 29.1 Å². The molecule has 2 heterocycles. The lowest BCUT2D eigenvalue weighted by atomic mass is 9.88. The number of halogens is 1. The topological polar surface area (TPSA) is 95.1 Å². The number of aryl methyl sites for hydroxylation is 1. The predicted octanol–water partition coefficient (Wildman–Crippen LogP) is 4.77. The Labute approximate surface area is 189 Å². The molecule has 1 unspecified atom stereocenters. The van der Waals surface area contributed by atoms with Crippen molar-refractivity contribution in [3.05, 3.63) is 66.9 Å². The van der Waals surface area contributed by atoms with Gasteiger partial charge in [-0.15, -0.1) is 11.3 Å². The number of fused-ring (bicyclic) bond motifs is 1. The Bertz CT molecular complexity index is 1260. The third-order valence-corrected chi connectivity index (χ3v) is 7.19. The van der Waals surface area contributed by atoms with Crippen molar-refractivity contribution in [3.63, 3.8) is 0 Å². The maximum Gasteiger partial charge on any atom is 0.267 e. The summed E-state index contributed by atoms with van der Waals surface area (Å²) in [5.74, 6) is -0.974. The zero-order valence-electron chi connectivity index (χ0n) is 18.5. The Kier molecular flexibility index (Phi) is 5.77. The second-order valence-corrected chi connectivity index (χ2v) is 10.1. The predicted molar refractivity (Wildman–Crippen MR) is 124 cm³/mol. The van der Waals surface area contributed by atoms with E-state index in [-0.39, 0.29) is 16.7 Å². The second-order valence-electron chi connectivity index (χ2n) is 8.96. The molecule has 8 heteroatoms. The van der Waals surface area contributed by atoms with Gasteiger partial charge in [0, 0.05) is 16.0 Å². The normalized spacial score (nSPS) is 16.8. The Balaban J connectivity index is 1.65. The van der Waals surface area contributed by atoms with Gasteiger partial charge in [-0.2, -0.15) is 5.10 Å². The summed E-state index contributed by atoms with van der Waals surface area (Å²) in [6.07, 6.45) is 1.50. The summed E-state index contributed by atoms with van der Waals surface area (Å²) in [4.78, 5) is 26.3. The number of thiophene rings is 1. The van der Waals surface area contributed by atoms with E-state index in [4.69, 9.17) is 0 Å². The number of rotatable bonds is 5. The van der Waals surface area contributed by atoms with Crippen molar-refractivity contribution in [3.8, 4) is 11.3 Å². The number of aliphatic hydroxyl groups is 1. The molecule has 0 spiro atoms. The number of aliphatic hydroxyl groups excluding tert-OH is 1. The highest BCUT2D eigenvalue weighted by atomic mass is 32.1. The van der Waals surface area contributed by atoms with Gasteiger partial charge in [0.1, 0.15) is 5.82 Å².